The van der Waals surface area contributed by atoms with Gasteiger partial charge in [0.25, 0.3) is 0 Å². The summed E-state index contributed by atoms with van der Waals surface area (Å²) in [6.45, 7) is 0. The third-order valence-corrected chi connectivity index (χ3v) is 6.51. The number of fused-ring (bicyclic) bond motifs is 6. The average molecular weight is 273 g/mol. The zero-order valence-corrected chi connectivity index (χ0v) is 11.4. The number of nitrogens with two attached hydrogens (primary N) is 1. The van der Waals surface area contributed by atoms with Crippen LogP contribution in [0.5, 0.6) is 0 Å². The van der Waals surface area contributed by atoms with Crippen molar-refractivity contribution in [1.29, 1.82) is 0 Å². The molecule has 2 saturated heterocycles. The predicted octanol–water partition coefficient (Wildman–Crippen LogP) is 0.622. The van der Waals surface area contributed by atoms with E-state index in [2.05, 4.69) is 12.2 Å². The lowest BCUT2D eigenvalue weighted by Gasteiger charge is -2.55. The van der Waals surface area contributed by atoms with Gasteiger partial charge in [-0.05, 0) is 37.5 Å². The largest absolute Gasteiger partial charge is 0.313 e. The third-order valence-electron chi connectivity index (χ3n) is 6.51. The van der Waals surface area contributed by atoms with Crippen LogP contribution in [0.4, 0.5) is 0 Å². The number of carbonyl (C=O) groups is 2. The van der Waals surface area contributed by atoms with Gasteiger partial charge in [-0.1, -0.05) is 12.2 Å². The van der Waals surface area contributed by atoms with Crippen molar-refractivity contribution in [3.05, 3.63) is 12.2 Å². The summed E-state index contributed by atoms with van der Waals surface area (Å²) in [6, 6.07) is 0.0768. The van der Waals surface area contributed by atoms with Crippen LogP contribution in [-0.4, -0.2) is 33.4 Å². The minimum atomic E-state index is -0.492. The molecule has 3 aliphatic carbocycles. The van der Waals surface area contributed by atoms with E-state index in [-0.39, 0.29) is 35.6 Å². The van der Waals surface area contributed by atoms with Crippen LogP contribution in [0.3, 0.4) is 0 Å². The Balaban J connectivity index is 1.70. The molecule has 0 unspecified atom stereocenters. The Morgan fingerprint density at radius 3 is 2.90 bits per heavy atom. The monoisotopic (exact) mass is 273 g/mol. The second-order valence-corrected chi connectivity index (χ2v) is 7.11. The topological polar surface area (TPSA) is 66.6 Å². The van der Waals surface area contributed by atoms with Gasteiger partial charge in [-0.25, -0.2) is 5.84 Å². The number of carbonyl (C=O) groups excluding carboxylic acids is 2. The highest BCUT2D eigenvalue weighted by molar-refractivity contribution is 5.89. The summed E-state index contributed by atoms with van der Waals surface area (Å²) in [5.74, 6) is 7.35. The van der Waals surface area contributed by atoms with Crippen molar-refractivity contribution in [2.75, 3.05) is 0 Å². The standard InChI is InChI=1S/C15H19N3O2/c16-18-14(20)12-8-3-4-9(6-8)13(12)17-11(19)7-10-2-1-5-15(10,17)18/h3-4,8-10,12-13H,1-2,5-7,16H2/t8-,9+,10-,12+,13-,15+/m0/s1. The molecular formula is C15H19N3O2. The van der Waals surface area contributed by atoms with E-state index in [1.807, 2.05) is 4.90 Å². The Hall–Kier alpha value is -1.36. The molecule has 5 rings (SSSR count). The van der Waals surface area contributed by atoms with Crippen LogP contribution in [0.15, 0.2) is 12.2 Å². The first-order valence-electron chi connectivity index (χ1n) is 7.74. The second kappa shape index (κ2) is 3.27. The lowest BCUT2D eigenvalue weighted by molar-refractivity contribution is -0.181. The van der Waals surface area contributed by atoms with E-state index in [1.54, 1.807) is 0 Å². The lowest BCUT2D eigenvalue weighted by Crippen LogP contribution is -2.74. The predicted molar refractivity (Wildman–Crippen MR) is 70.6 cm³/mol. The van der Waals surface area contributed by atoms with Crippen LogP contribution >= 0.6 is 0 Å². The van der Waals surface area contributed by atoms with Crippen molar-refractivity contribution in [1.82, 2.24) is 9.91 Å². The number of rotatable bonds is 0. The molecule has 2 aliphatic heterocycles. The number of allylic oxidation sites excluding steroid dienone is 1. The fourth-order valence-electron chi connectivity index (χ4n) is 5.84. The van der Waals surface area contributed by atoms with Gasteiger partial charge in [0, 0.05) is 12.3 Å². The molecule has 6 atom stereocenters. The van der Waals surface area contributed by atoms with E-state index in [9.17, 15) is 9.59 Å². The van der Waals surface area contributed by atoms with Crippen molar-refractivity contribution < 1.29 is 9.59 Å². The zero-order chi connectivity index (χ0) is 13.6. The second-order valence-electron chi connectivity index (χ2n) is 7.11. The van der Waals surface area contributed by atoms with Gasteiger partial charge in [-0.3, -0.25) is 14.6 Å². The van der Waals surface area contributed by atoms with Crippen molar-refractivity contribution >= 4 is 11.8 Å². The van der Waals surface area contributed by atoms with Gasteiger partial charge in [-0.2, -0.15) is 0 Å². The lowest BCUT2D eigenvalue weighted by atomic mass is 9.81. The van der Waals surface area contributed by atoms with E-state index >= 15 is 0 Å². The maximum absolute atomic E-state index is 12.8. The molecule has 20 heavy (non-hydrogen) atoms. The number of hydrogen-bond donors (Lipinski definition) is 1. The quantitative estimate of drug-likeness (QED) is 0.400. The van der Waals surface area contributed by atoms with Crippen molar-refractivity contribution in [2.24, 2.45) is 29.5 Å². The summed E-state index contributed by atoms with van der Waals surface area (Å²) < 4.78 is 0. The molecule has 2 N–H and O–H groups in total. The molecule has 0 aromatic heterocycles. The van der Waals surface area contributed by atoms with E-state index in [0.29, 0.717) is 12.3 Å². The molecule has 0 aromatic carbocycles. The molecule has 106 valence electrons. The van der Waals surface area contributed by atoms with Crippen molar-refractivity contribution in [3.63, 3.8) is 0 Å². The minimum Gasteiger partial charge on any atom is -0.313 e. The van der Waals surface area contributed by atoms with Gasteiger partial charge >= 0.3 is 0 Å². The molecule has 5 aliphatic rings. The molecule has 0 radical (unpaired) electrons. The van der Waals surface area contributed by atoms with E-state index in [1.165, 1.54) is 5.01 Å². The van der Waals surface area contributed by atoms with E-state index in [4.69, 9.17) is 5.84 Å². The number of hydrogen-bond acceptors (Lipinski definition) is 3. The van der Waals surface area contributed by atoms with Gasteiger partial charge in [0.05, 0.1) is 12.0 Å². The van der Waals surface area contributed by atoms with Crippen molar-refractivity contribution in [2.45, 2.75) is 43.8 Å². The summed E-state index contributed by atoms with van der Waals surface area (Å²) >= 11 is 0. The maximum atomic E-state index is 12.8. The summed E-state index contributed by atoms with van der Waals surface area (Å²) in [4.78, 5) is 27.5. The average Bonchev–Trinajstić information content (AvgIpc) is 3.13. The molecule has 2 saturated carbocycles. The Kier molecular flexibility index (Phi) is 1.85. The van der Waals surface area contributed by atoms with Crippen molar-refractivity contribution in [3.8, 4) is 0 Å². The Morgan fingerprint density at radius 1 is 1.25 bits per heavy atom. The highest BCUT2D eigenvalue weighted by atomic mass is 16.2. The van der Waals surface area contributed by atoms with Crippen LogP contribution in [0.1, 0.15) is 32.1 Å². The van der Waals surface area contributed by atoms with Gasteiger partial charge < -0.3 is 4.90 Å². The van der Waals surface area contributed by atoms with E-state index in [0.717, 1.165) is 25.7 Å². The maximum Gasteiger partial charge on any atom is 0.244 e. The zero-order valence-electron chi connectivity index (χ0n) is 11.4. The van der Waals surface area contributed by atoms with E-state index < -0.39 is 5.66 Å². The normalized spacial score (nSPS) is 51.8. The first-order chi connectivity index (χ1) is 9.64. The Labute approximate surface area is 117 Å². The summed E-state index contributed by atoms with van der Waals surface area (Å²) in [6.07, 6.45) is 8.90. The van der Waals surface area contributed by atoms with Crippen LogP contribution in [-0.2, 0) is 9.59 Å². The first-order valence-corrected chi connectivity index (χ1v) is 7.74. The van der Waals surface area contributed by atoms with Gasteiger partial charge in [0.15, 0.2) is 0 Å². The third kappa shape index (κ3) is 0.974. The summed E-state index contributed by atoms with van der Waals surface area (Å²) in [5, 5.41) is 1.46. The van der Waals surface area contributed by atoms with Gasteiger partial charge in [-0.15, -0.1) is 0 Å². The fraction of sp³-hybridized carbons (Fsp3) is 0.733. The highest BCUT2D eigenvalue weighted by Gasteiger charge is 2.69. The first kappa shape index (κ1) is 11.3. The summed E-state index contributed by atoms with van der Waals surface area (Å²) in [5.41, 5.74) is -0.492. The van der Waals surface area contributed by atoms with Crippen LogP contribution in [0.2, 0.25) is 0 Å². The molecule has 5 nitrogen and oxygen atoms in total. The molecule has 4 fully saturated rings. The Bertz CT molecular complexity index is 559. The highest BCUT2D eigenvalue weighted by Crippen LogP contribution is 2.59. The minimum absolute atomic E-state index is 0.0738. The molecule has 2 bridgehead atoms. The summed E-state index contributed by atoms with van der Waals surface area (Å²) in [7, 11) is 0. The molecule has 2 amide bonds. The Morgan fingerprint density at radius 2 is 2.05 bits per heavy atom. The van der Waals surface area contributed by atoms with Gasteiger partial charge in [0.1, 0.15) is 5.66 Å². The van der Waals surface area contributed by atoms with Crippen LogP contribution in [0.25, 0.3) is 0 Å². The van der Waals surface area contributed by atoms with Crippen LogP contribution in [0, 0.1) is 23.7 Å². The van der Waals surface area contributed by atoms with Gasteiger partial charge in [0.2, 0.25) is 11.8 Å². The number of nitrogens with zero attached hydrogens (tertiary/aromatic N) is 2. The molecule has 2 heterocycles. The van der Waals surface area contributed by atoms with Crippen LogP contribution < -0.4 is 5.84 Å². The SMILES string of the molecule is NN1C(=O)[C@H]2[C@H]([C@@H]3C=C[C@H]2C3)N2C(=O)C[C@@H]3CCC[C@]312. The fourth-order valence-corrected chi connectivity index (χ4v) is 5.84. The number of amides is 2. The smallest absolute Gasteiger partial charge is 0.244 e. The molecule has 0 aromatic rings. The molecule has 1 spiro atoms. The molecular weight excluding hydrogens is 254 g/mol. The molecule has 5 heteroatoms. The number of hydrazine groups is 1.